The number of rotatable bonds is 16. The Hall–Kier alpha value is -2.90. The van der Waals surface area contributed by atoms with Gasteiger partial charge in [0.15, 0.2) is 11.5 Å². The first-order chi connectivity index (χ1) is 17.5. The number of benzene rings is 2. The molecule has 1 aliphatic rings. The summed E-state index contributed by atoms with van der Waals surface area (Å²) in [5, 5.41) is 39.0. The molecule has 1 atom stereocenters. The summed E-state index contributed by atoms with van der Waals surface area (Å²) >= 11 is 0. The number of hydrogen-bond donors (Lipinski definition) is 4. The number of ether oxygens (including phenoxy) is 3. The van der Waals surface area contributed by atoms with E-state index in [1.165, 1.54) is 70.3 Å². The van der Waals surface area contributed by atoms with E-state index in [0.29, 0.717) is 41.6 Å². The van der Waals surface area contributed by atoms with Crippen molar-refractivity contribution in [1.29, 1.82) is 0 Å². The molecule has 0 radical (unpaired) electrons. The molecule has 0 spiro atoms. The zero-order valence-electron chi connectivity index (χ0n) is 21.2. The predicted molar refractivity (Wildman–Crippen MR) is 140 cm³/mol. The molecule has 3 rings (SSSR count). The highest BCUT2D eigenvalue weighted by Crippen LogP contribution is 2.45. The van der Waals surface area contributed by atoms with Crippen LogP contribution in [0.1, 0.15) is 87.9 Å². The molecule has 1 aliphatic heterocycles. The summed E-state index contributed by atoms with van der Waals surface area (Å²) in [5.41, 5.74) is 1.13. The fraction of sp³-hybridized carbons (Fsp3) is 0.517. The van der Waals surface area contributed by atoms with E-state index < -0.39 is 6.10 Å². The van der Waals surface area contributed by atoms with Crippen LogP contribution in [0.5, 0.6) is 28.7 Å². The molecule has 0 saturated heterocycles. The van der Waals surface area contributed by atoms with Crippen molar-refractivity contribution in [3.63, 3.8) is 0 Å². The Morgan fingerprint density at radius 2 is 1.39 bits per heavy atom. The predicted octanol–water partition coefficient (Wildman–Crippen LogP) is 6.59. The summed E-state index contributed by atoms with van der Waals surface area (Å²) in [6.45, 7) is 0.853. The lowest BCUT2D eigenvalue weighted by atomic mass is 10.0. The summed E-state index contributed by atoms with van der Waals surface area (Å²) < 4.78 is 17.5. The van der Waals surface area contributed by atoms with Crippen molar-refractivity contribution in [1.82, 2.24) is 0 Å². The number of phenols is 3. The molecule has 2 aromatic rings. The molecule has 0 bridgehead atoms. The molecule has 1 unspecified atom stereocenters. The van der Waals surface area contributed by atoms with Gasteiger partial charge in [0.1, 0.15) is 29.1 Å². The number of aromatic hydroxyl groups is 3. The van der Waals surface area contributed by atoms with Gasteiger partial charge in [0.05, 0.1) is 12.7 Å². The lowest BCUT2D eigenvalue weighted by molar-refractivity contribution is 0.0756. The molecule has 0 amide bonds. The average Bonchev–Trinajstić information content (AvgIpc) is 2.87. The maximum atomic E-state index is 10.6. The second-order valence-corrected chi connectivity index (χ2v) is 9.30. The molecule has 0 aliphatic carbocycles. The molecule has 7 nitrogen and oxygen atoms in total. The van der Waals surface area contributed by atoms with Crippen LogP contribution in [0.2, 0.25) is 0 Å². The lowest BCUT2D eigenvalue weighted by Crippen LogP contribution is -2.13. The fourth-order valence-electron chi connectivity index (χ4n) is 4.43. The zero-order valence-corrected chi connectivity index (χ0v) is 21.2. The summed E-state index contributed by atoms with van der Waals surface area (Å²) in [4.78, 5) is 0. The third-order valence-electron chi connectivity index (χ3n) is 6.50. The van der Waals surface area contributed by atoms with E-state index in [-0.39, 0.29) is 17.2 Å². The van der Waals surface area contributed by atoms with E-state index in [1.54, 1.807) is 18.2 Å². The number of hydrogen-bond acceptors (Lipinski definition) is 7. The quantitative estimate of drug-likeness (QED) is 0.152. The second-order valence-electron chi connectivity index (χ2n) is 9.30. The first-order valence-electron chi connectivity index (χ1n) is 13.1. The van der Waals surface area contributed by atoms with E-state index in [2.05, 4.69) is 0 Å². The molecule has 1 heterocycles. The third kappa shape index (κ3) is 8.07. The van der Waals surface area contributed by atoms with Crippen molar-refractivity contribution >= 4 is 5.76 Å². The van der Waals surface area contributed by atoms with E-state index in [4.69, 9.17) is 19.3 Å². The largest absolute Gasteiger partial charge is 0.507 e. The van der Waals surface area contributed by atoms with Gasteiger partial charge in [-0.2, -0.15) is 0 Å². The van der Waals surface area contributed by atoms with Gasteiger partial charge in [0.2, 0.25) is 0 Å². The van der Waals surface area contributed by atoms with Crippen molar-refractivity contribution < 1.29 is 34.6 Å². The summed E-state index contributed by atoms with van der Waals surface area (Å²) in [6.07, 6.45) is 14.0. The Balaban J connectivity index is 1.50. The number of methoxy groups -OCH3 is 1. The van der Waals surface area contributed by atoms with Gasteiger partial charge in [0.25, 0.3) is 0 Å². The van der Waals surface area contributed by atoms with Crippen LogP contribution in [-0.2, 0) is 4.74 Å². The van der Waals surface area contributed by atoms with Gasteiger partial charge in [-0.1, -0.05) is 57.8 Å². The number of phenolic OH excluding ortho intramolecular Hbond substituents is 3. The molecular weight excluding hydrogens is 460 g/mol. The first kappa shape index (κ1) is 27.7. The maximum absolute atomic E-state index is 10.6. The molecule has 0 saturated carbocycles. The van der Waals surface area contributed by atoms with Gasteiger partial charge in [-0.25, -0.2) is 0 Å². The van der Waals surface area contributed by atoms with E-state index in [1.807, 2.05) is 0 Å². The number of aliphatic hydroxyl groups excluding tert-OH is 1. The van der Waals surface area contributed by atoms with Crippen LogP contribution in [0, 0.1) is 0 Å². The van der Waals surface area contributed by atoms with E-state index in [9.17, 15) is 15.3 Å². The molecule has 198 valence electrons. The van der Waals surface area contributed by atoms with Gasteiger partial charge in [-0.05, 0) is 37.1 Å². The summed E-state index contributed by atoms with van der Waals surface area (Å²) in [6, 6.07) is 7.72. The van der Waals surface area contributed by atoms with Crippen LogP contribution in [0.3, 0.4) is 0 Å². The molecule has 2 aromatic carbocycles. The molecular formula is C29H40O7. The van der Waals surface area contributed by atoms with Crippen LogP contribution in [-0.4, -0.2) is 40.7 Å². The Labute approximate surface area is 214 Å². The maximum Gasteiger partial charge on any atom is 0.158 e. The lowest BCUT2D eigenvalue weighted by Gasteiger charge is -2.26. The van der Waals surface area contributed by atoms with E-state index >= 15 is 0 Å². The highest BCUT2D eigenvalue weighted by Gasteiger charge is 2.28. The van der Waals surface area contributed by atoms with Crippen molar-refractivity contribution in [2.45, 2.75) is 76.7 Å². The van der Waals surface area contributed by atoms with Crippen LogP contribution >= 0.6 is 0 Å². The van der Waals surface area contributed by atoms with Crippen LogP contribution in [0.15, 0.2) is 36.4 Å². The van der Waals surface area contributed by atoms with Crippen LogP contribution in [0.25, 0.3) is 5.76 Å². The minimum atomic E-state index is -0.517. The Bertz CT molecular complexity index is 986. The SMILES string of the molecule is COc1cc(O)c2c(c1)OC(c1ccc(O)c(O)c1)=CC2OCCCCCCCCCCCCCO. The summed E-state index contributed by atoms with van der Waals surface area (Å²) in [7, 11) is 1.52. The summed E-state index contributed by atoms with van der Waals surface area (Å²) in [5.74, 6) is 0.945. The number of aliphatic hydroxyl groups is 1. The highest BCUT2D eigenvalue weighted by molar-refractivity contribution is 5.70. The molecule has 0 aromatic heterocycles. The van der Waals surface area contributed by atoms with E-state index in [0.717, 1.165) is 25.7 Å². The van der Waals surface area contributed by atoms with Gasteiger partial charge >= 0.3 is 0 Å². The minimum absolute atomic E-state index is 0.0366. The second kappa shape index (κ2) is 14.6. The first-order valence-corrected chi connectivity index (χ1v) is 13.1. The molecule has 36 heavy (non-hydrogen) atoms. The van der Waals surface area contributed by atoms with Crippen molar-refractivity contribution in [3.8, 4) is 28.7 Å². The normalized spacial score (nSPS) is 14.7. The van der Waals surface area contributed by atoms with Gasteiger partial charge in [-0.3, -0.25) is 0 Å². The fourth-order valence-corrected chi connectivity index (χ4v) is 4.43. The Morgan fingerprint density at radius 1 is 0.750 bits per heavy atom. The Kier molecular flexibility index (Phi) is 11.2. The van der Waals surface area contributed by atoms with Crippen molar-refractivity contribution in [2.24, 2.45) is 0 Å². The molecule has 0 fully saturated rings. The monoisotopic (exact) mass is 500 g/mol. The van der Waals surface area contributed by atoms with Crippen LogP contribution < -0.4 is 9.47 Å². The average molecular weight is 501 g/mol. The minimum Gasteiger partial charge on any atom is -0.507 e. The van der Waals surface area contributed by atoms with Crippen molar-refractivity contribution in [3.05, 3.63) is 47.5 Å². The Morgan fingerprint density at radius 3 is 2.00 bits per heavy atom. The molecule has 7 heteroatoms. The van der Waals surface area contributed by atoms with Gasteiger partial charge < -0.3 is 34.6 Å². The standard InChI is InChI=1S/C29H40O7/c1-34-22-18-25(33)29-27(35-16-12-10-8-6-4-2-3-5-7-9-11-15-30)20-26(36-28(29)19-22)21-13-14-23(31)24(32)17-21/h13-14,17-20,27,30-33H,2-12,15-16H2,1H3. The van der Waals surface area contributed by atoms with Gasteiger partial charge in [0, 0.05) is 30.9 Å². The van der Waals surface area contributed by atoms with Crippen molar-refractivity contribution in [2.75, 3.05) is 20.3 Å². The number of fused-ring (bicyclic) bond motifs is 1. The highest BCUT2D eigenvalue weighted by atomic mass is 16.5. The number of unbranched alkanes of at least 4 members (excludes halogenated alkanes) is 10. The zero-order chi connectivity index (χ0) is 25.8. The van der Waals surface area contributed by atoms with Crippen LogP contribution in [0.4, 0.5) is 0 Å². The topological polar surface area (TPSA) is 109 Å². The molecule has 4 N–H and O–H groups in total. The smallest absolute Gasteiger partial charge is 0.158 e. The third-order valence-corrected chi connectivity index (χ3v) is 6.50. The van der Waals surface area contributed by atoms with Gasteiger partial charge in [-0.15, -0.1) is 0 Å².